The lowest BCUT2D eigenvalue weighted by molar-refractivity contribution is -0.147. The lowest BCUT2D eigenvalue weighted by Crippen LogP contribution is -2.56. The summed E-state index contributed by atoms with van der Waals surface area (Å²) in [6.07, 6.45) is -1.00. The minimum Gasteiger partial charge on any atom is -0.481 e. The molecule has 24 nitrogen and oxygen atoms in total. The molecule has 7 amide bonds. The van der Waals surface area contributed by atoms with Crippen molar-refractivity contribution in [1.82, 2.24) is 42.2 Å². The van der Waals surface area contributed by atoms with Gasteiger partial charge < -0.3 is 62.8 Å². The molecule has 0 fully saturated rings. The average molecular weight is 1000 g/mol. The fourth-order valence-electron chi connectivity index (χ4n) is 6.84. The molecular formula is C47H51FN8O16. The number of halogens is 1. The van der Waals surface area contributed by atoms with Crippen molar-refractivity contribution in [1.29, 1.82) is 0 Å². The monoisotopic (exact) mass is 1000 g/mol. The van der Waals surface area contributed by atoms with Crippen LogP contribution in [0.4, 0.5) is 9.18 Å². The minimum absolute atomic E-state index is 0.0157. The number of carboxylic acids is 5. The van der Waals surface area contributed by atoms with Crippen molar-refractivity contribution in [3.63, 3.8) is 0 Å². The highest BCUT2D eigenvalue weighted by atomic mass is 18.2. The van der Waals surface area contributed by atoms with Crippen LogP contribution in [0.1, 0.15) is 76.8 Å². The van der Waals surface area contributed by atoms with Gasteiger partial charge in [-0.1, -0.05) is 54.6 Å². The predicted octanol–water partition coefficient (Wildman–Crippen LogP) is 0.921. The SMILES string of the molecule is O=C(O)CCC(NC(=O)NC(CCCCNC(=O)C(Cc1ccc2ccccc2c1)NC(=O)c1ccc(CNC(=O)C(NC(=O)C(CCC(=O)O)NC(=O)c2ccc([18F])nc2)C(=O)O)cc1)C(=O)O)C(=O)O. The molecule has 25 heteroatoms. The Hall–Kier alpha value is -9.03. The van der Waals surface area contributed by atoms with Gasteiger partial charge in [-0.25, -0.2) is 24.2 Å². The molecule has 382 valence electrons. The highest BCUT2D eigenvalue weighted by Crippen LogP contribution is 2.18. The van der Waals surface area contributed by atoms with E-state index in [1.165, 1.54) is 24.3 Å². The van der Waals surface area contributed by atoms with Crippen molar-refractivity contribution in [2.24, 2.45) is 0 Å². The van der Waals surface area contributed by atoms with E-state index in [-0.39, 0.29) is 49.9 Å². The van der Waals surface area contributed by atoms with E-state index in [1.54, 1.807) is 6.07 Å². The van der Waals surface area contributed by atoms with Crippen molar-refractivity contribution in [2.75, 3.05) is 6.54 Å². The summed E-state index contributed by atoms with van der Waals surface area (Å²) in [6.45, 7) is -0.289. The summed E-state index contributed by atoms with van der Waals surface area (Å²) in [5, 5.41) is 64.7. The zero-order valence-electron chi connectivity index (χ0n) is 38.1. The van der Waals surface area contributed by atoms with Gasteiger partial charge in [0.1, 0.15) is 24.2 Å². The second-order valence-corrected chi connectivity index (χ2v) is 16.1. The smallest absolute Gasteiger partial charge is 0.336 e. The molecule has 0 aliphatic carbocycles. The first-order chi connectivity index (χ1) is 34.2. The van der Waals surface area contributed by atoms with Crippen LogP contribution in [-0.2, 0) is 51.3 Å². The van der Waals surface area contributed by atoms with Gasteiger partial charge in [0, 0.05) is 44.1 Å². The minimum atomic E-state index is -2.21. The highest BCUT2D eigenvalue weighted by Gasteiger charge is 2.32. The Labute approximate surface area is 408 Å². The second-order valence-electron chi connectivity index (χ2n) is 16.1. The number of carbonyl (C=O) groups is 11. The number of unbranched alkanes of at least 4 members (excludes halogenated alkanes) is 1. The van der Waals surface area contributed by atoms with Crippen LogP contribution in [0.25, 0.3) is 10.8 Å². The summed E-state index contributed by atoms with van der Waals surface area (Å²) in [6, 6.07) is 11.3. The van der Waals surface area contributed by atoms with E-state index in [0.29, 0.717) is 11.1 Å². The average Bonchev–Trinajstić information content (AvgIpc) is 3.33. The zero-order valence-corrected chi connectivity index (χ0v) is 38.1. The van der Waals surface area contributed by atoms with Crippen molar-refractivity contribution >= 4 is 76.2 Å². The molecule has 12 N–H and O–H groups in total. The van der Waals surface area contributed by atoms with E-state index in [0.717, 1.165) is 29.1 Å². The first-order valence-electron chi connectivity index (χ1n) is 22.1. The Balaban J connectivity index is 1.36. The molecular weight excluding hydrogens is 951 g/mol. The van der Waals surface area contributed by atoms with Crippen molar-refractivity contribution < 1.29 is 82.7 Å². The van der Waals surface area contributed by atoms with Crippen LogP contribution in [0.5, 0.6) is 0 Å². The summed E-state index contributed by atoms with van der Waals surface area (Å²) in [7, 11) is 0. The second kappa shape index (κ2) is 27.2. The topological polar surface area (TPSA) is 386 Å². The highest BCUT2D eigenvalue weighted by molar-refractivity contribution is 6.05. The van der Waals surface area contributed by atoms with Gasteiger partial charge in [0.05, 0.1) is 5.56 Å². The predicted molar refractivity (Wildman–Crippen MR) is 247 cm³/mol. The van der Waals surface area contributed by atoms with Crippen LogP contribution >= 0.6 is 0 Å². The molecule has 0 saturated carbocycles. The molecule has 4 rings (SSSR count). The van der Waals surface area contributed by atoms with Crippen LogP contribution in [0, 0.1) is 5.95 Å². The molecule has 4 aromatic rings. The molecule has 1 aromatic heterocycles. The third-order valence-electron chi connectivity index (χ3n) is 10.7. The first kappa shape index (κ1) is 55.6. The number of rotatable bonds is 28. The van der Waals surface area contributed by atoms with Crippen LogP contribution in [-0.4, -0.2) is 133 Å². The number of pyridine rings is 1. The molecule has 72 heavy (non-hydrogen) atoms. The maximum atomic E-state index is 13.6. The number of carboxylic acid groups (broad SMARTS) is 5. The summed E-state index contributed by atoms with van der Waals surface area (Å²) < 4.78 is 13.2. The quantitative estimate of drug-likeness (QED) is 0.0214. The maximum absolute atomic E-state index is 13.6. The molecule has 0 aliphatic rings. The number of benzene rings is 3. The largest absolute Gasteiger partial charge is 0.481 e. The summed E-state index contributed by atoms with van der Waals surface area (Å²) in [5.41, 5.74) is 0.942. The van der Waals surface area contributed by atoms with Gasteiger partial charge in [0.2, 0.25) is 23.8 Å². The van der Waals surface area contributed by atoms with E-state index in [1.807, 2.05) is 47.0 Å². The summed E-state index contributed by atoms with van der Waals surface area (Å²) in [4.78, 5) is 139. The fourth-order valence-corrected chi connectivity index (χ4v) is 6.84. The summed E-state index contributed by atoms with van der Waals surface area (Å²) >= 11 is 0. The van der Waals surface area contributed by atoms with Gasteiger partial charge in [0.15, 0.2) is 0 Å². The normalized spacial score (nSPS) is 12.8. The summed E-state index contributed by atoms with van der Waals surface area (Å²) in [5.74, 6) is -12.9. The lowest BCUT2D eigenvalue weighted by Gasteiger charge is -2.21. The molecule has 0 bridgehead atoms. The number of hydrogen-bond acceptors (Lipinski definition) is 12. The van der Waals surface area contributed by atoms with Gasteiger partial charge in [-0.2, -0.15) is 4.39 Å². The van der Waals surface area contributed by atoms with Crippen LogP contribution < -0.4 is 37.2 Å². The lowest BCUT2D eigenvalue weighted by atomic mass is 10.0. The molecule has 3 aromatic carbocycles. The molecule has 1 heterocycles. The van der Waals surface area contributed by atoms with Crippen molar-refractivity contribution in [3.8, 4) is 0 Å². The molecule has 5 atom stereocenters. The number of urea groups is 1. The number of nitrogens with zero attached hydrogens (tertiary/aromatic N) is 1. The van der Waals surface area contributed by atoms with Gasteiger partial charge in [-0.15, -0.1) is 0 Å². The Bertz CT molecular complexity index is 2650. The van der Waals surface area contributed by atoms with E-state index >= 15 is 0 Å². The van der Waals surface area contributed by atoms with Crippen LogP contribution in [0.3, 0.4) is 0 Å². The number of nitrogens with one attached hydrogen (secondary N) is 7. The Morgan fingerprint density at radius 3 is 1.68 bits per heavy atom. The van der Waals surface area contributed by atoms with Gasteiger partial charge in [0.25, 0.3) is 17.7 Å². The van der Waals surface area contributed by atoms with Gasteiger partial charge >= 0.3 is 35.9 Å². The van der Waals surface area contributed by atoms with Gasteiger partial charge in [-0.3, -0.25) is 33.6 Å². The van der Waals surface area contributed by atoms with E-state index in [2.05, 4.69) is 31.6 Å². The van der Waals surface area contributed by atoms with E-state index in [4.69, 9.17) is 10.2 Å². The number of carbonyl (C=O) groups excluding carboxylic acids is 6. The Kier molecular flexibility index (Phi) is 21.0. The third-order valence-corrected chi connectivity index (χ3v) is 10.7. The molecule has 5 unspecified atom stereocenters. The number of hydrogen-bond donors (Lipinski definition) is 12. The number of aromatic nitrogens is 1. The number of fused-ring (bicyclic) bond motifs is 1. The molecule has 0 radical (unpaired) electrons. The van der Waals surface area contributed by atoms with Crippen molar-refractivity contribution in [2.45, 2.75) is 88.1 Å². The van der Waals surface area contributed by atoms with E-state index < -0.39 is 127 Å². The first-order valence-corrected chi connectivity index (χ1v) is 22.1. The van der Waals surface area contributed by atoms with Crippen LogP contribution in [0.15, 0.2) is 85.1 Å². The standard InChI is InChI=1S/C47H51FN8O16/c48-35-17-14-30(24-50-35)40(62)52-31(15-18-36(57)58)42(64)56-38(46(70)71)43(65)51-23-25-8-12-28(13-9-25)39(61)53-34(22-26-10-11-27-5-1-2-6-29(27)21-26)41(63)49-20-4-3-7-32(44(66)67)54-47(72)55-33(45(68)69)16-19-37(59)60/h1-2,5-6,8-14,17,21,24,31-34,38H,3-4,7,15-16,18-20,22-23H2,(H,49,63)(H,51,65)(H,52,62)(H,53,61)(H,56,64)(H,57,58)(H,59,60)(H,66,67)(H,68,69)(H,70,71)(H2,54,55,72)/i48-1. The van der Waals surface area contributed by atoms with Gasteiger partial charge in [-0.05, 0) is 78.3 Å². The molecule has 0 aliphatic heterocycles. The fraction of sp³-hybridized carbons (Fsp3) is 0.319. The van der Waals surface area contributed by atoms with Crippen molar-refractivity contribution in [3.05, 3.63) is 113 Å². The zero-order chi connectivity index (χ0) is 52.9. The third kappa shape index (κ3) is 18.1. The molecule has 0 spiro atoms. The van der Waals surface area contributed by atoms with Crippen LogP contribution in [0.2, 0.25) is 0 Å². The maximum Gasteiger partial charge on any atom is 0.336 e. The molecule has 0 saturated heterocycles. The van der Waals surface area contributed by atoms with E-state index in [9.17, 15) is 72.4 Å². The number of aliphatic carboxylic acids is 5. The Morgan fingerprint density at radius 2 is 1.08 bits per heavy atom. The number of amides is 7. The Morgan fingerprint density at radius 1 is 0.514 bits per heavy atom.